The highest BCUT2D eigenvalue weighted by atomic mass is 14.5. The van der Waals surface area contributed by atoms with Crippen LogP contribution in [-0.2, 0) is 6.42 Å². The molecule has 0 aliphatic rings. The van der Waals surface area contributed by atoms with Crippen molar-refractivity contribution in [2.75, 3.05) is 6.54 Å². The van der Waals surface area contributed by atoms with E-state index in [2.05, 4.69) is 37.3 Å². The van der Waals surface area contributed by atoms with E-state index < -0.39 is 0 Å². The van der Waals surface area contributed by atoms with Gasteiger partial charge in [0.15, 0.2) is 0 Å². The van der Waals surface area contributed by atoms with Gasteiger partial charge in [-0.25, -0.2) is 0 Å². The molecule has 1 heteroatoms. The summed E-state index contributed by atoms with van der Waals surface area (Å²) in [6.45, 7) is 3.18. The molecule has 0 aromatic heterocycles. The van der Waals surface area contributed by atoms with E-state index in [0.29, 0.717) is 0 Å². The molecule has 1 atom stereocenters. The molecule has 0 fully saturated rings. The molecule has 1 nitrogen and oxygen atoms in total. The molecule has 0 radical (unpaired) electrons. The summed E-state index contributed by atoms with van der Waals surface area (Å²) in [5, 5.41) is 0. The largest absolute Gasteiger partial charge is 0.330 e. The lowest BCUT2D eigenvalue weighted by Gasteiger charge is -2.10. The fraction of sp³-hybridized carbons (Fsp3) is 0.571. The van der Waals surface area contributed by atoms with Crippen molar-refractivity contribution in [2.24, 2.45) is 11.7 Å². The summed E-state index contributed by atoms with van der Waals surface area (Å²) in [4.78, 5) is 0. The first-order chi connectivity index (χ1) is 7.33. The van der Waals surface area contributed by atoms with Crippen LogP contribution in [0.1, 0.15) is 38.2 Å². The number of hydrogen-bond donors (Lipinski definition) is 1. The average molecular weight is 205 g/mol. The molecule has 0 saturated carbocycles. The monoisotopic (exact) mass is 205 g/mol. The van der Waals surface area contributed by atoms with Gasteiger partial charge >= 0.3 is 0 Å². The Balaban J connectivity index is 2.16. The number of benzene rings is 1. The second kappa shape index (κ2) is 7.47. The van der Waals surface area contributed by atoms with E-state index in [1.54, 1.807) is 0 Å². The molecule has 1 rings (SSSR count). The molecular weight excluding hydrogens is 182 g/mol. The smallest absolute Gasteiger partial charge is 0.00773 e. The first-order valence-corrected chi connectivity index (χ1v) is 6.07. The van der Waals surface area contributed by atoms with Crippen LogP contribution in [0.3, 0.4) is 0 Å². The van der Waals surface area contributed by atoms with Crippen molar-refractivity contribution in [3.8, 4) is 0 Å². The lowest BCUT2D eigenvalue weighted by Crippen LogP contribution is -2.01. The predicted octanol–water partition coefficient (Wildman–Crippen LogP) is 3.38. The van der Waals surface area contributed by atoms with E-state index in [9.17, 15) is 0 Å². The molecule has 0 saturated heterocycles. The van der Waals surface area contributed by atoms with Crippen LogP contribution in [0.25, 0.3) is 0 Å². The lowest BCUT2D eigenvalue weighted by molar-refractivity contribution is 0.490. The van der Waals surface area contributed by atoms with Crippen LogP contribution in [0.2, 0.25) is 0 Å². The van der Waals surface area contributed by atoms with Crippen LogP contribution in [-0.4, -0.2) is 6.54 Å². The lowest BCUT2D eigenvalue weighted by atomic mass is 9.95. The number of nitrogens with two attached hydrogens (primary N) is 1. The summed E-state index contributed by atoms with van der Waals surface area (Å²) < 4.78 is 0. The maximum absolute atomic E-state index is 5.47. The summed E-state index contributed by atoms with van der Waals surface area (Å²) in [6, 6.07) is 10.8. The Labute approximate surface area is 93.7 Å². The molecule has 15 heavy (non-hydrogen) atoms. The molecule has 0 heterocycles. The molecule has 0 bridgehead atoms. The van der Waals surface area contributed by atoms with Crippen LogP contribution >= 0.6 is 0 Å². The van der Waals surface area contributed by atoms with Crippen LogP contribution in [0, 0.1) is 5.92 Å². The van der Waals surface area contributed by atoms with Crippen molar-refractivity contribution in [3.05, 3.63) is 35.9 Å². The van der Waals surface area contributed by atoms with Crippen molar-refractivity contribution in [1.82, 2.24) is 0 Å². The highest BCUT2D eigenvalue weighted by Crippen LogP contribution is 2.14. The van der Waals surface area contributed by atoms with Crippen molar-refractivity contribution in [3.63, 3.8) is 0 Å². The molecular formula is C14H23N. The van der Waals surface area contributed by atoms with E-state index in [1.165, 1.54) is 37.7 Å². The number of hydrogen-bond acceptors (Lipinski definition) is 1. The Morgan fingerprint density at radius 2 is 1.80 bits per heavy atom. The highest BCUT2D eigenvalue weighted by Gasteiger charge is 2.02. The molecule has 1 aromatic carbocycles. The standard InChI is InChI=1S/C14H23N/c1-13(8-4-3-7-11-15)12-14-9-5-2-6-10-14/h2,5-6,9-10,13H,3-4,7-8,11-12,15H2,1H3. The zero-order chi connectivity index (χ0) is 10.9. The van der Waals surface area contributed by atoms with Gasteiger partial charge in [-0.15, -0.1) is 0 Å². The van der Waals surface area contributed by atoms with E-state index >= 15 is 0 Å². The first-order valence-electron chi connectivity index (χ1n) is 6.07. The second-order valence-corrected chi connectivity index (χ2v) is 4.43. The zero-order valence-electron chi connectivity index (χ0n) is 9.78. The van der Waals surface area contributed by atoms with Gasteiger partial charge in [0.05, 0.1) is 0 Å². The minimum absolute atomic E-state index is 0.796. The van der Waals surface area contributed by atoms with Crippen LogP contribution in [0.15, 0.2) is 30.3 Å². The third kappa shape index (κ3) is 5.58. The average Bonchev–Trinajstić information content (AvgIpc) is 2.26. The molecule has 0 spiro atoms. The fourth-order valence-corrected chi connectivity index (χ4v) is 1.93. The van der Waals surface area contributed by atoms with Crippen molar-refractivity contribution < 1.29 is 0 Å². The van der Waals surface area contributed by atoms with E-state index in [1.807, 2.05) is 0 Å². The van der Waals surface area contributed by atoms with Crippen LogP contribution in [0.5, 0.6) is 0 Å². The first kappa shape index (κ1) is 12.3. The fourth-order valence-electron chi connectivity index (χ4n) is 1.93. The van der Waals surface area contributed by atoms with Crippen LogP contribution < -0.4 is 5.73 Å². The van der Waals surface area contributed by atoms with Gasteiger partial charge in [0.25, 0.3) is 0 Å². The van der Waals surface area contributed by atoms with E-state index in [0.717, 1.165) is 12.5 Å². The number of rotatable bonds is 7. The van der Waals surface area contributed by atoms with Gasteiger partial charge in [-0.05, 0) is 30.9 Å². The normalized spacial score (nSPS) is 12.7. The molecule has 1 aromatic rings. The maximum Gasteiger partial charge on any atom is -0.00773 e. The maximum atomic E-state index is 5.47. The third-order valence-electron chi connectivity index (χ3n) is 2.83. The Morgan fingerprint density at radius 1 is 1.07 bits per heavy atom. The van der Waals surface area contributed by atoms with Crippen molar-refractivity contribution in [1.29, 1.82) is 0 Å². The molecule has 0 aliphatic carbocycles. The minimum Gasteiger partial charge on any atom is -0.330 e. The molecule has 0 aliphatic heterocycles. The van der Waals surface area contributed by atoms with Crippen molar-refractivity contribution in [2.45, 2.75) is 39.0 Å². The summed E-state index contributed by atoms with van der Waals surface area (Å²) in [5.74, 6) is 0.796. The SMILES string of the molecule is CC(CCCCCN)Cc1ccccc1. The van der Waals surface area contributed by atoms with Gasteiger partial charge in [-0.1, -0.05) is 56.5 Å². The van der Waals surface area contributed by atoms with Crippen molar-refractivity contribution >= 4 is 0 Å². The zero-order valence-corrected chi connectivity index (χ0v) is 9.78. The van der Waals surface area contributed by atoms with Gasteiger partial charge in [0.2, 0.25) is 0 Å². The topological polar surface area (TPSA) is 26.0 Å². The molecule has 2 N–H and O–H groups in total. The van der Waals surface area contributed by atoms with Gasteiger partial charge < -0.3 is 5.73 Å². The third-order valence-corrected chi connectivity index (χ3v) is 2.83. The van der Waals surface area contributed by atoms with Gasteiger partial charge in [-0.3, -0.25) is 0 Å². The quantitative estimate of drug-likeness (QED) is 0.678. The Morgan fingerprint density at radius 3 is 2.47 bits per heavy atom. The summed E-state index contributed by atoms with van der Waals surface area (Å²) in [6.07, 6.45) is 6.33. The Kier molecular flexibility index (Phi) is 6.10. The number of unbranched alkanes of at least 4 members (excludes halogenated alkanes) is 2. The summed E-state index contributed by atoms with van der Waals surface area (Å²) in [7, 11) is 0. The second-order valence-electron chi connectivity index (χ2n) is 4.43. The van der Waals surface area contributed by atoms with Gasteiger partial charge in [-0.2, -0.15) is 0 Å². The van der Waals surface area contributed by atoms with Gasteiger partial charge in [0, 0.05) is 0 Å². The molecule has 1 unspecified atom stereocenters. The van der Waals surface area contributed by atoms with E-state index in [4.69, 9.17) is 5.73 Å². The van der Waals surface area contributed by atoms with Crippen LogP contribution in [0.4, 0.5) is 0 Å². The summed E-state index contributed by atoms with van der Waals surface area (Å²) in [5.41, 5.74) is 6.93. The Bertz CT molecular complexity index is 243. The minimum atomic E-state index is 0.796. The van der Waals surface area contributed by atoms with E-state index in [-0.39, 0.29) is 0 Å². The van der Waals surface area contributed by atoms with Gasteiger partial charge in [0.1, 0.15) is 0 Å². The Hall–Kier alpha value is -0.820. The predicted molar refractivity (Wildman–Crippen MR) is 66.8 cm³/mol. The summed E-state index contributed by atoms with van der Waals surface area (Å²) >= 11 is 0. The molecule has 84 valence electrons. The highest BCUT2D eigenvalue weighted by molar-refractivity contribution is 5.14. The molecule has 0 amide bonds.